The lowest BCUT2D eigenvalue weighted by atomic mass is 10.0. The maximum absolute atomic E-state index is 12.7. The molecule has 0 spiro atoms. The molecule has 0 aliphatic carbocycles. The third-order valence-electron chi connectivity index (χ3n) is 4.14. The van der Waals surface area contributed by atoms with Crippen molar-refractivity contribution in [2.75, 3.05) is 24.7 Å². The average Bonchev–Trinajstić information content (AvgIpc) is 3.15. The number of β-lactam (4-membered cyclic amide) rings is 1. The number of ether oxygens (including phenoxy) is 1. The van der Waals surface area contributed by atoms with E-state index < -0.39 is 35.2 Å². The quantitative estimate of drug-likeness (QED) is 0.186. The molecule has 2 atom stereocenters. The highest BCUT2D eigenvalue weighted by Crippen LogP contribution is 2.40. The molecule has 0 saturated carbocycles. The van der Waals surface area contributed by atoms with E-state index in [1.165, 1.54) is 18.7 Å². The summed E-state index contributed by atoms with van der Waals surface area (Å²) in [6, 6.07) is -0.995. The predicted molar refractivity (Wildman–Crippen MR) is 109 cm³/mol. The summed E-state index contributed by atoms with van der Waals surface area (Å²) in [7, 11) is 0. The van der Waals surface area contributed by atoms with Gasteiger partial charge in [-0.1, -0.05) is 5.16 Å². The number of nitrogens with two attached hydrogens (primary N) is 1. The monoisotopic (exact) mass is 470 g/mol. The zero-order valence-electron chi connectivity index (χ0n) is 16.4. The van der Waals surface area contributed by atoms with E-state index in [0.717, 1.165) is 16.4 Å². The summed E-state index contributed by atoms with van der Waals surface area (Å²) in [4.78, 5) is 58.1. The van der Waals surface area contributed by atoms with E-state index in [4.69, 9.17) is 15.3 Å². The molecule has 0 bridgehead atoms. The number of fused-ring (bicyclic) bond motifs is 1. The maximum Gasteiger partial charge on any atom is 0.352 e. The summed E-state index contributed by atoms with van der Waals surface area (Å²) in [5.41, 5.74) is 5.34. The molecule has 15 heteroatoms. The molecule has 4 N–H and O–H groups in total. The first kappa shape index (κ1) is 22.5. The summed E-state index contributed by atoms with van der Waals surface area (Å²) >= 11 is 2.10. The van der Waals surface area contributed by atoms with E-state index in [0.29, 0.717) is 5.57 Å². The van der Waals surface area contributed by atoms with Gasteiger partial charge in [0.15, 0.2) is 5.13 Å². The van der Waals surface area contributed by atoms with Crippen molar-refractivity contribution in [3.8, 4) is 0 Å². The molecule has 1 aromatic heterocycles. The van der Waals surface area contributed by atoms with E-state index >= 15 is 0 Å². The van der Waals surface area contributed by atoms with Crippen molar-refractivity contribution < 1.29 is 33.9 Å². The second kappa shape index (κ2) is 9.30. The number of amides is 2. The smallest absolute Gasteiger partial charge is 0.352 e. The van der Waals surface area contributed by atoms with Gasteiger partial charge >= 0.3 is 11.9 Å². The lowest BCUT2D eigenvalue weighted by Crippen LogP contribution is -2.71. The molecule has 3 rings (SSSR count). The fourth-order valence-electron chi connectivity index (χ4n) is 2.84. The third kappa shape index (κ3) is 4.61. The number of nitrogens with one attached hydrogen (secondary N) is 1. The number of oxime groups is 1. The molecular weight excluding hydrogens is 452 g/mol. The summed E-state index contributed by atoms with van der Waals surface area (Å²) in [6.45, 7) is 2.82. The number of nitrogen functional groups attached to an aromatic ring is 1. The van der Waals surface area contributed by atoms with Crippen molar-refractivity contribution in [2.45, 2.75) is 25.3 Å². The lowest BCUT2D eigenvalue weighted by Gasteiger charge is -2.49. The van der Waals surface area contributed by atoms with Crippen LogP contribution < -0.4 is 11.1 Å². The number of rotatable bonds is 8. The molecule has 31 heavy (non-hydrogen) atoms. The summed E-state index contributed by atoms with van der Waals surface area (Å²) < 4.78 is 8.81. The summed E-state index contributed by atoms with van der Waals surface area (Å²) in [5.74, 6) is -3.13. The molecule has 1 fully saturated rings. The molecule has 166 valence electrons. The van der Waals surface area contributed by atoms with Crippen LogP contribution in [0.15, 0.2) is 16.4 Å². The van der Waals surface area contributed by atoms with Crippen molar-refractivity contribution in [3.63, 3.8) is 0 Å². The summed E-state index contributed by atoms with van der Waals surface area (Å²) in [6.07, 6.45) is 0. The van der Waals surface area contributed by atoms with Crippen LogP contribution in [0.1, 0.15) is 19.7 Å². The number of carbonyl (C=O) groups is 4. The van der Waals surface area contributed by atoms with Crippen LogP contribution in [0.25, 0.3) is 0 Å². The van der Waals surface area contributed by atoms with Crippen LogP contribution in [-0.4, -0.2) is 79.2 Å². The first-order valence-corrected chi connectivity index (χ1v) is 10.7. The number of anilines is 1. The van der Waals surface area contributed by atoms with Gasteiger partial charge in [-0.25, -0.2) is 4.79 Å². The highest BCUT2D eigenvalue weighted by molar-refractivity contribution is 8.00. The number of carboxylic acids is 1. The first-order valence-electron chi connectivity index (χ1n) is 8.88. The van der Waals surface area contributed by atoms with E-state index in [2.05, 4.69) is 19.8 Å². The first-order chi connectivity index (χ1) is 14.7. The van der Waals surface area contributed by atoms with Gasteiger partial charge in [0, 0.05) is 29.8 Å². The number of aliphatic carboxylic acids is 1. The Balaban J connectivity index is 1.78. The van der Waals surface area contributed by atoms with Crippen molar-refractivity contribution in [1.82, 2.24) is 19.6 Å². The van der Waals surface area contributed by atoms with Gasteiger partial charge < -0.3 is 25.7 Å². The second-order valence-electron chi connectivity index (χ2n) is 6.21. The van der Waals surface area contributed by atoms with Crippen molar-refractivity contribution in [2.24, 2.45) is 5.16 Å². The van der Waals surface area contributed by atoms with Crippen LogP contribution in [0.5, 0.6) is 0 Å². The van der Waals surface area contributed by atoms with E-state index in [1.807, 2.05) is 0 Å². The fraction of sp³-hybridized carbons (Fsp3) is 0.438. The number of thioether (sulfide) groups is 1. The number of carbonyl (C=O) groups excluding carboxylic acids is 3. The Morgan fingerprint density at radius 1 is 1.42 bits per heavy atom. The van der Waals surface area contributed by atoms with Gasteiger partial charge in [0.25, 0.3) is 11.8 Å². The lowest BCUT2D eigenvalue weighted by molar-refractivity contribution is -0.150. The van der Waals surface area contributed by atoms with Gasteiger partial charge in [-0.15, -0.1) is 11.8 Å². The molecule has 2 aliphatic rings. The molecular formula is C16H18N6O7S2. The number of carboxylic acid groups (broad SMARTS) is 1. The van der Waals surface area contributed by atoms with Gasteiger partial charge in [-0.3, -0.25) is 19.3 Å². The Bertz CT molecular complexity index is 991. The van der Waals surface area contributed by atoms with Gasteiger partial charge in [-0.2, -0.15) is 9.36 Å². The third-order valence-corrected chi connectivity index (χ3v) is 6.02. The Kier molecular flexibility index (Phi) is 6.74. The van der Waals surface area contributed by atoms with E-state index in [9.17, 15) is 24.3 Å². The highest BCUT2D eigenvalue weighted by atomic mass is 32.2. The predicted octanol–water partition coefficient (Wildman–Crippen LogP) is -0.837. The highest BCUT2D eigenvalue weighted by Gasteiger charge is 2.54. The molecule has 3 heterocycles. The molecule has 2 amide bonds. The molecule has 0 radical (unpaired) electrons. The number of hydrogen-bond donors (Lipinski definition) is 3. The Hall–Kier alpha value is -3.20. The SMILES string of the molecule is CCON=C(C(=O)NC1C(=O)N2C(C(=O)O)=C(COC(C)=O)CS[C@@H]12)c1nsc(N)n1. The number of nitrogens with zero attached hydrogens (tertiary/aromatic N) is 4. The van der Waals surface area contributed by atoms with Crippen molar-refractivity contribution >= 4 is 57.9 Å². The van der Waals surface area contributed by atoms with Crippen LogP contribution >= 0.6 is 23.3 Å². The molecule has 13 nitrogen and oxygen atoms in total. The Morgan fingerprint density at radius 3 is 2.74 bits per heavy atom. The van der Waals surface area contributed by atoms with Crippen LogP contribution in [-0.2, 0) is 28.8 Å². The van der Waals surface area contributed by atoms with Crippen molar-refractivity contribution in [3.05, 3.63) is 17.1 Å². The Morgan fingerprint density at radius 2 is 2.16 bits per heavy atom. The van der Waals surface area contributed by atoms with Crippen molar-refractivity contribution in [1.29, 1.82) is 0 Å². The molecule has 1 aromatic rings. The zero-order chi connectivity index (χ0) is 22.7. The molecule has 1 saturated heterocycles. The molecule has 1 unspecified atom stereocenters. The van der Waals surface area contributed by atoms with Gasteiger partial charge in [0.2, 0.25) is 11.5 Å². The Labute approximate surface area is 183 Å². The fourth-order valence-corrected chi connectivity index (χ4v) is 4.60. The van der Waals surface area contributed by atoms with Crippen LogP contribution in [0.3, 0.4) is 0 Å². The normalized spacial score (nSPS) is 20.6. The standard InChI is InChI=1S/C16H18N6O7S2/c1-3-29-20-8(11-19-16(17)31-21-11)12(24)18-9-13(25)22-10(15(26)27)7(4-28-6(2)23)5-30-14(9)22/h9,14H,3-5H2,1-2H3,(H,18,24)(H,26,27)(H2,17,19,21)/t9?,14-/m0/s1. The molecule has 0 aromatic carbocycles. The molecule has 2 aliphatic heterocycles. The van der Waals surface area contributed by atoms with Crippen LogP contribution in [0, 0.1) is 0 Å². The van der Waals surface area contributed by atoms with Gasteiger partial charge in [0.05, 0.1) is 0 Å². The minimum Gasteiger partial charge on any atom is -0.477 e. The largest absolute Gasteiger partial charge is 0.477 e. The average molecular weight is 470 g/mol. The summed E-state index contributed by atoms with van der Waals surface area (Å²) in [5, 5.41) is 15.3. The minimum absolute atomic E-state index is 0.0526. The second-order valence-corrected chi connectivity index (χ2v) is 8.10. The van der Waals surface area contributed by atoms with E-state index in [1.54, 1.807) is 6.92 Å². The minimum atomic E-state index is -1.33. The van der Waals surface area contributed by atoms with E-state index in [-0.39, 0.29) is 41.3 Å². The van der Waals surface area contributed by atoms with Crippen LogP contribution in [0.2, 0.25) is 0 Å². The van der Waals surface area contributed by atoms with Gasteiger partial charge in [-0.05, 0) is 6.92 Å². The number of hydrogen-bond acceptors (Lipinski definition) is 12. The topological polar surface area (TPSA) is 186 Å². The maximum atomic E-state index is 12.7. The van der Waals surface area contributed by atoms with Gasteiger partial charge in [0.1, 0.15) is 30.3 Å². The number of aromatic nitrogens is 2. The zero-order valence-corrected chi connectivity index (χ0v) is 18.0. The number of esters is 1. The van der Waals surface area contributed by atoms with Crippen LogP contribution in [0.4, 0.5) is 5.13 Å².